The second-order valence-corrected chi connectivity index (χ2v) is 7.65. The number of nitrogens with two attached hydrogens (primary N) is 1. The molecule has 5 atom stereocenters. The second kappa shape index (κ2) is 6.99. The number of thioether (sulfide) groups is 1. The molecule has 24 heavy (non-hydrogen) atoms. The summed E-state index contributed by atoms with van der Waals surface area (Å²) in [5, 5.41) is 14.7. The summed E-state index contributed by atoms with van der Waals surface area (Å²) in [4.78, 5) is 38.1. The molecule has 9 heteroatoms. The van der Waals surface area contributed by atoms with Crippen molar-refractivity contribution in [1.29, 1.82) is 5.26 Å². The van der Waals surface area contributed by atoms with Crippen molar-refractivity contribution in [2.45, 2.75) is 49.2 Å². The Labute approximate surface area is 144 Å². The molecule has 3 rings (SSSR count). The minimum Gasteiger partial charge on any atom is -0.356 e. The van der Waals surface area contributed by atoms with E-state index in [2.05, 4.69) is 10.6 Å². The molecule has 0 aromatic heterocycles. The molecule has 3 aliphatic heterocycles. The zero-order chi connectivity index (χ0) is 17.3. The Morgan fingerprint density at radius 3 is 2.92 bits per heavy atom. The highest BCUT2D eigenvalue weighted by Gasteiger charge is 2.46. The Balaban J connectivity index is 1.62. The van der Waals surface area contributed by atoms with E-state index < -0.39 is 18.1 Å². The molecule has 0 aromatic rings. The first-order valence-corrected chi connectivity index (χ1v) is 9.23. The maximum absolute atomic E-state index is 12.6. The first-order valence-electron chi connectivity index (χ1n) is 8.18. The lowest BCUT2D eigenvalue weighted by atomic mass is 9.98. The van der Waals surface area contributed by atoms with Gasteiger partial charge in [-0.05, 0) is 25.7 Å². The van der Waals surface area contributed by atoms with Gasteiger partial charge in [-0.25, -0.2) is 0 Å². The average molecular weight is 351 g/mol. The number of carbonyl (C=O) groups excluding carboxylic acids is 3. The molecule has 0 bridgehead atoms. The standard InChI is InChI=1S/C15H21N5O3S/c16-6-9(5-8-3-4-18-13(8)21)19-14(22)11-7-24-12-2-1-10(17)15(23)20(11)12/h8-12H,1-5,7,17H2,(H,18,21)(H,19,22)/t8-,9-,10-,11-,12?/m0/s1. The van der Waals surface area contributed by atoms with Crippen LogP contribution >= 0.6 is 11.8 Å². The lowest BCUT2D eigenvalue weighted by molar-refractivity contribution is -0.143. The van der Waals surface area contributed by atoms with Crippen LogP contribution in [-0.2, 0) is 14.4 Å². The molecule has 1 unspecified atom stereocenters. The molecule has 3 fully saturated rings. The predicted molar refractivity (Wildman–Crippen MR) is 87.4 cm³/mol. The predicted octanol–water partition coefficient (Wildman–Crippen LogP) is -1.09. The fraction of sp³-hybridized carbons (Fsp3) is 0.733. The number of carbonyl (C=O) groups is 3. The van der Waals surface area contributed by atoms with Crippen LogP contribution in [0.15, 0.2) is 0 Å². The molecule has 0 aliphatic carbocycles. The largest absolute Gasteiger partial charge is 0.356 e. The fourth-order valence-corrected chi connectivity index (χ4v) is 4.92. The van der Waals surface area contributed by atoms with E-state index in [1.807, 2.05) is 6.07 Å². The van der Waals surface area contributed by atoms with Crippen molar-refractivity contribution < 1.29 is 14.4 Å². The third kappa shape index (κ3) is 3.21. The van der Waals surface area contributed by atoms with Gasteiger partial charge in [0.05, 0.1) is 17.5 Å². The number of nitrogens with zero attached hydrogens (tertiary/aromatic N) is 2. The number of hydrogen-bond donors (Lipinski definition) is 3. The Hall–Kier alpha value is -1.79. The van der Waals surface area contributed by atoms with Crippen molar-refractivity contribution in [3.63, 3.8) is 0 Å². The van der Waals surface area contributed by atoms with Gasteiger partial charge in [0, 0.05) is 18.2 Å². The van der Waals surface area contributed by atoms with E-state index >= 15 is 0 Å². The van der Waals surface area contributed by atoms with Gasteiger partial charge in [-0.3, -0.25) is 14.4 Å². The number of hydrogen-bond acceptors (Lipinski definition) is 6. The van der Waals surface area contributed by atoms with Gasteiger partial charge in [-0.2, -0.15) is 5.26 Å². The van der Waals surface area contributed by atoms with Crippen LogP contribution in [0.1, 0.15) is 25.7 Å². The maximum atomic E-state index is 12.6. The molecule has 130 valence electrons. The molecule has 3 amide bonds. The second-order valence-electron chi connectivity index (χ2n) is 6.44. The van der Waals surface area contributed by atoms with Crippen molar-refractivity contribution in [2.24, 2.45) is 11.7 Å². The Kier molecular flexibility index (Phi) is 4.96. The number of rotatable bonds is 4. The van der Waals surface area contributed by atoms with Crippen molar-refractivity contribution in [2.75, 3.05) is 12.3 Å². The number of piperidine rings is 1. The Morgan fingerprint density at radius 1 is 1.46 bits per heavy atom. The molecule has 0 spiro atoms. The van der Waals surface area contributed by atoms with Gasteiger partial charge in [-0.15, -0.1) is 11.8 Å². The molecular formula is C15H21N5O3S. The smallest absolute Gasteiger partial charge is 0.244 e. The number of nitrogens with one attached hydrogen (secondary N) is 2. The molecule has 3 saturated heterocycles. The zero-order valence-corrected chi connectivity index (χ0v) is 14.1. The average Bonchev–Trinajstić information content (AvgIpc) is 3.17. The van der Waals surface area contributed by atoms with E-state index in [0.29, 0.717) is 31.6 Å². The molecule has 0 aromatic carbocycles. The molecule has 3 aliphatic rings. The molecule has 3 heterocycles. The summed E-state index contributed by atoms with van der Waals surface area (Å²) in [6, 6.07) is 0.174. The monoisotopic (exact) mass is 351 g/mol. The van der Waals surface area contributed by atoms with E-state index in [1.165, 1.54) is 0 Å². The van der Waals surface area contributed by atoms with Crippen LogP contribution in [-0.4, -0.2) is 58.4 Å². The molecular weight excluding hydrogens is 330 g/mol. The Morgan fingerprint density at radius 2 is 2.25 bits per heavy atom. The number of amides is 3. The van der Waals surface area contributed by atoms with Gasteiger partial charge < -0.3 is 21.3 Å². The maximum Gasteiger partial charge on any atom is 0.244 e. The van der Waals surface area contributed by atoms with Gasteiger partial charge in [0.15, 0.2) is 0 Å². The third-order valence-corrected chi connectivity index (χ3v) is 6.20. The molecule has 0 saturated carbocycles. The summed E-state index contributed by atoms with van der Waals surface area (Å²) < 4.78 is 0. The normalized spacial score (nSPS) is 33.6. The van der Waals surface area contributed by atoms with Gasteiger partial charge in [0.25, 0.3) is 0 Å². The van der Waals surface area contributed by atoms with Crippen LogP contribution in [0.5, 0.6) is 0 Å². The molecule has 4 N–H and O–H groups in total. The summed E-state index contributed by atoms with van der Waals surface area (Å²) in [5.74, 6) is -0.335. The SMILES string of the molecule is N#C[C@H](C[C@@H]1CCNC1=O)NC(=O)[C@@H]1CSC2CC[C@H](N)C(=O)N21. The summed E-state index contributed by atoms with van der Waals surface area (Å²) in [6.45, 7) is 0.608. The van der Waals surface area contributed by atoms with Crippen molar-refractivity contribution >= 4 is 29.5 Å². The first-order chi connectivity index (χ1) is 11.5. The highest BCUT2D eigenvalue weighted by molar-refractivity contribution is 8.00. The minimum atomic E-state index is -0.732. The van der Waals surface area contributed by atoms with Crippen molar-refractivity contribution in [3.8, 4) is 6.07 Å². The van der Waals surface area contributed by atoms with E-state index in [9.17, 15) is 19.6 Å². The van der Waals surface area contributed by atoms with Crippen LogP contribution in [0.4, 0.5) is 0 Å². The minimum absolute atomic E-state index is 0.00537. The number of fused-ring (bicyclic) bond motifs is 1. The topological polar surface area (TPSA) is 128 Å². The van der Waals surface area contributed by atoms with Crippen LogP contribution in [0, 0.1) is 17.2 Å². The van der Waals surface area contributed by atoms with Crippen LogP contribution < -0.4 is 16.4 Å². The summed E-state index contributed by atoms with van der Waals surface area (Å²) >= 11 is 1.58. The van der Waals surface area contributed by atoms with Gasteiger partial charge in [0.2, 0.25) is 17.7 Å². The van der Waals surface area contributed by atoms with Crippen LogP contribution in [0.3, 0.4) is 0 Å². The van der Waals surface area contributed by atoms with Gasteiger partial charge >= 0.3 is 0 Å². The fourth-order valence-electron chi connectivity index (χ4n) is 3.49. The highest BCUT2D eigenvalue weighted by Crippen LogP contribution is 2.36. The first kappa shape index (κ1) is 17.0. The summed E-state index contributed by atoms with van der Waals surface area (Å²) in [5.41, 5.74) is 5.82. The van der Waals surface area contributed by atoms with E-state index in [0.717, 1.165) is 6.42 Å². The Bertz CT molecular complexity index is 592. The van der Waals surface area contributed by atoms with E-state index in [4.69, 9.17) is 5.73 Å². The zero-order valence-electron chi connectivity index (χ0n) is 13.2. The van der Waals surface area contributed by atoms with Gasteiger partial charge in [-0.1, -0.05) is 0 Å². The summed E-state index contributed by atoms with van der Waals surface area (Å²) in [7, 11) is 0. The van der Waals surface area contributed by atoms with Crippen molar-refractivity contribution in [3.05, 3.63) is 0 Å². The van der Waals surface area contributed by atoms with Crippen LogP contribution in [0.2, 0.25) is 0 Å². The van der Waals surface area contributed by atoms with Crippen molar-refractivity contribution in [1.82, 2.24) is 15.5 Å². The number of nitriles is 1. The quantitative estimate of drug-likeness (QED) is 0.590. The van der Waals surface area contributed by atoms with Gasteiger partial charge in [0.1, 0.15) is 12.1 Å². The summed E-state index contributed by atoms with van der Waals surface area (Å²) in [6.07, 6.45) is 2.39. The lowest BCUT2D eigenvalue weighted by Gasteiger charge is -2.35. The molecule has 8 nitrogen and oxygen atoms in total. The van der Waals surface area contributed by atoms with Crippen LogP contribution in [0.25, 0.3) is 0 Å². The van der Waals surface area contributed by atoms with E-state index in [-0.39, 0.29) is 29.0 Å². The third-order valence-electron chi connectivity index (χ3n) is 4.85. The molecule has 0 radical (unpaired) electrons. The lowest BCUT2D eigenvalue weighted by Crippen LogP contribution is -2.58. The van der Waals surface area contributed by atoms with E-state index in [1.54, 1.807) is 16.7 Å². The highest BCUT2D eigenvalue weighted by atomic mass is 32.2.